The van der Waals surface area contributed by atoms with E-state index in [2.05, 4.69) is 22.3 Å². The van der Waals surface area contributed by atoms with Gasteiger partial charge in [-0.3, -0.25) is 14.5 Å². The van der Waals surface area contributed by atoms with Crippen molar-refractivity contribution in [3.05, 3.63) is 90.3 Å². The molecular weight excluding hydrogens is 601 g/mol. The van der Waals surface area contributed by atoms with Gasteiger partial charge in [-0.1, -0.05) is 13.0 Å². The van der Waals surface area contributed by atoms with Crippen LogP contribution in [0.5, 0.6) is 0 Å². The fraction of sp³-hybridized carbons (Fsp3) is 0.417. The summed E-state index contributed by atoms with van der Waals surface area (Å²) >= 11 is 1.63. The van der Waals surface area contributed by atoms with Gasteiger partial charge >= 0.3 is 0 Å². The molecule has 3 aliphatic heterocycles. The number of nitrogens with one attached hydrogen (secondary N) is 1. The third-order valence-corrected chi connectivity index (χ3v) is 11.5. The fourth-order valence-corrected chi connectivity index (χ4v) is 8.95. The summed E-state index contributed by atoms with van der Waals surface area (Å²) in [6, 6.07) is 9.67. The molecular formula is C36H38FN5O3S. The van der Waals surface area contributed by atoms with Gasteiger partial charge in [0.05, 0.1) is 35.5 Å². The third kappa shape index (κ3) is 5.07. The summed E-state index contributed by atoms with van der Waals surface area (Å²) in [6.45, 7) is 6.02. The molecule has 1 saturated heterocycles. The number of aryl methyl sites for hydroxylation is 2. The Bertz CT molecular complexity index is 1930. The molecule has 1 N–H and O–H groups in total. The van der Waals surface area contributed by atoms with Crippen molar-refractivity contribution in [1.29, 1.82) is 0 Å². The number of rotatable bonds is 6. The van der Waals surface area contributed by atoms with Crippen LogP contribution in [0.3, 0.4) is 0 Å². The van der Waals surface area contributed by atoms with Crippen LogP contribution in [0.15, 0.2) is 41.3 Å². The number of nitrogens with zero attached hydrogens (tertiary/aromatic N) is 4. The van der Waals surface area contributed by atoms with Gasteiger partial charge in [-0.15, -0.1) is 11.3 Å². The minimum absolute atomic E-state index is 0.0424. The third-order valence-electron chi connectivity index (χ3n) is 10.1. The number of hydrogen-bond donors (Lipinski definition) is 1. The van der Waals surface area contributed by atoms with Crippen LogP contribution in [-0.2, 0) is 50.4 Å². The van der Waals surface area contributed by atoms with E-state index in [4.69, 9.17) is 9.72 Å². The van der Waals surface area contributed by atoms with Crippen LogP contribution in [0.1, 0.15) is 62.1 Å². The monoisotopic (exact) mass is 639 g/mol. The number of hydrogen-bond acceptors (Lipinski definition) is 7. The van der Waals surface area contributed by atoms with Crippen molar-refractivity contribution in [3.63, 3.8) is 0 Å². The second-order valence-electron chi connectivity index (χ2n) is 12.9. The zero-order chi connectivity index (χ0) is 31.5. The van der Waals surface area contributed by atoms with Gasteiger partial charge in [-0.2, -0.15) is 0 Å². The Balaban J connectivity index is 1.11. The molecule has 5 heterocycles. The van der Waals surface area contributed by atoms with Crippen LogP contribution < -0.4 is 15.8 Å². The van der Waals surface area contributed by atoms with E-state index in [1.807, 2.05) is 13.0 Å². The van der Waals surface area contributed by atoms with Crippen molar-refractivity contribution in [2.75, 3.05) is 36.5 Å². The molecule has 0 saturated carbocycles. The smallest absolute Gasteiger partial charge is 0.293 e. The highest BCUT2D eigenvalue weighted by Gasteiger charge is 2.34. The van der Waals surface area contributed by atoms with Gasteiger partial charge in [0.15, 0.2) is 5.82 Å². The molecule has 46 heavy (non-hydrogen) atoms. The maximum Gasteiger partial charge on any atom is 0.293 e. The Morgan fingerprint density at radius 1 is 1.02 bits per heavy atom. The number of carbonyl (C=O) groups is 1. The number of benzene rings is 2. The Hall–Kier alpha value is -3.86. The van der Waals surface area contributed by atoms with Crippen LogP contribution in [0.4, 0.5) is 21.6 Å². The van der Waals surface area contributed by atoms with Crippen LogP contribution in [-0.4, -0.2) is 52.7 Å². The van der Waals surface area contributed by atoms with Gasteiger partial charge in [0.25, 0.3) is 11.5 Å². The number of ether oxygens (including phenoxy) is 1. The summed E-state index contributed by atoms with van der Waals surface area (Å²) in [7, 11) is 1.68. The Labute approximate surface area is 271 Å². The van der Waals surface area contributed by atoms with Crippen molar-refractivity contribution in [2.45, 2.75) is 64.5 Å². The zero-order valence-corrected chi connectivity index (χ0v) is 27.1. The lowest BCUT2D eigenvalue weighted by Crippen LogP contribution is -2.50. The number of aromatic nitrogens is 2. The van der Waals surface area contributed by atoms with Gasteiger partial charge in [0, 0.05) is 49.0 Å². The highest BCUT2D eigenvalue weighted by molar-refractivity contribution is 7.14. The first-order chi connectivity index (χ1) is 22.4. The maximum absolute atomic E-state index is 15.4. The summed E-state index contributed by atoms with van der Waals surface area (Å²) in [6.07, 6.45) is 8.37. The van der Waals surface area contributed by atoms with Crippen LogP contribution >= 0.6 is 11.3 Å². The molecule has 0 radical (unpaired) electrons. The summed E-state index contributed by atoms with van der Waals surface area (Å²) in [5.41, 5.74) is 8.17. The van der Waals surface area contributed by atoms with Crippen molar-refractivity contribution < 1.29 is 13.9 Å². The van der Waals surface area contributed by atoms with Crippen molar-refractivity contribution in [3.8, 4) is 11.3 Å². The maximum atomic E-state index is 15.4. The van der Waals surface area contributed by atoms with Crippen molar-refractivity contribution in [2.24, 2.45) is 7.05 Å². The van der Waals surface area contributed by atoms with Gasteiger partial charge in [0.2, 0.25) is 0 Å². The first kappa shape index (κ1) is 29.5. The van der Waals surface area contributed by atoms with E-state index in [-0.39, 0.29) is 17.3 Å². The molecule has 4 aliphatic rings. The molecule has 2 aromatic carbocycles. The van der Waals surface area contributed by atoms with Crippen molar-refractivity contribution in [1.82, 2.24) is 14.5 Å². The van der Waals surface area contributed by atoms with E-state index in [9.17, 15) is 9.59 Å². The summed E-state index contributed by atoms with van der Waals surface area (Å²) in [5, 5.41) is 3.27. The SMILES string of the molecule is CCc1c(-c2cn(C)c(=O)c(Nc3ccc4c(c3)CCN(C3COC3)C4)n2)cc(F)cc1N1CCc2c(sc3c2CCCC3)C1=O. The molecule has 0 spiro atoms. The first-order valence-corrected chi connectivity index (χ1v) is 17.3. The number of carbonyl (C=O) groups excluding carboxylic acids is 1. The topological polar surface area (TPSA) is 79.7 Å². The van der Waals surface area contributed by atoms with E-state index in [1.54, 1.807) is 29.5 Å². The molecule has 4 aromatic rings. The van der Waals surface area contributed by atoms with Crippen molar-refractivity contribution >= 4 is 34.4 Å². The van der Waals surface area contributed by atoms with E-state index in [1.165, 1.54) is 56.7 Å². The van der Waals surface area contributed by atoms with Crippen LogP contribution in [0.25, 0.3) is 11.3 Å². The lowest BCUT2D eigenvalue weighted by molar-refractivity contribution is -0.0694. The predicted molar refractivity (Wildman–Crippen MR) is 179 cm³/mol. The van der Waals surface area contributed by atoms with E-state index >= 15 is 4.39 Å². The van der Waals surface area contributed by atoms with Gasteiger partial charge in [-0.05, 0) is 97.0 Å². The standard InChI is InChI=1S/C36H38FN5O3S/c1-3-26-29(15-23(37)16-31(26)42-13-11-28-27-6-4-5-7-32(27)46-33(28)35(42)43)30-18-40(2)36(44)34(39-30)38-24-9-8-22-17-41(25-19-45-20-25)12-10-21(22)14-24/h8-9,14-16,18,25H,3-7,10-13,17,19-20H2,1-2H3,(H,38,39). The number of thiophene rings is 1. The molecule has 1 amide bonds. The molecule has 10 heteroatoms. The number of halogens is 1. The second-order valence-corrected chi connectivity index (χ2v) is 14.0. The summed E-state index contributed by atoms with van der Waals surface area (Å²) in [4.78, 5) is 38.4. The number of fused-ring (bicyclic) bond motifs is 4. The van der Waals surface area contributed by atoms with E-state index in [0.29, 0.717) is 36.0 Å². The molecule has 2 aromatic heterocycles. The summed E-state index contributed by atoms with van der Waals surface area (Å²) < 4.78 is 22.3. The minimum Gasteiger partial charge on any atom is -0.378 e. The largest absolute Gasteiger partial charge is 0.378 e. The molecule has 8 nitrogen and oxygen atoms in total. The summed E-state index contributed by atoms with van der Waals surface area (Å²) in [5.74, 6) is -0.299. The highest BCUT2D eigenvalue weighted by atomic mass is 32.1. The number of anilines is 3. The quantitative estimate of drug-likeness (QED) is 0.288. The second kappa shape index (κ2) is 11.7. The lowest BCUT2D eigenvalue weighted by atomic mass is 9.91. The average Bonchev–Trinajstić information content (AvgIpc) is 3.42. The Morgan fingerprint density at radius 3 is 2.67 bits per heavy atom. The Morgan fingerprint density at radius 2 is 1.87 bits per heavy atom. The first-order valence-electron chi connectivity index (χ1n) is 16.4. The molecule has 1 aliphatic carbocycles. The zero-order valence-electron chi connectivity index (χ0n) is 26.3. The molecule has 0 unspecified atom stereocenters. The highest BCUT2D eigenvalue weighted by Crippen LogP contribution is 2.41. The van der Waals surface area contributed by atoms with E-state index in [0.717, 1.165) is 68.1 Å². The molecule has 238 valence electrons. The lowest BCUT2D eigenvalue weighted by Gasteiger charge is -2.40. The fourth-order valence-electron chi connectivity index (χ4n) is 7.56. The number of amides is 1. The van der Waals surface area contributed by atoms with Gasteiger partial charge in [0.1, 0.15) is 5.82 Å². The van der Waals surface area contributed by atoms with E-state index < -0.39 is 5.82 Å². The van der Waals surface area contributed by atoms with Gasteiger partial charge < -0.3 is 19.5 Å². The average molecular weight is 640 g/mol. The molecule has 0 atom stereocenters. The molecule has 0 bridgehead atoms. The molecule has 8 rings (SSSR count). The minimum atomic E-state index is -0.436. The molecule has 1 fully saturated rings. The Kier molecular flexibility index (Phi) is 7.54. The van der Waals surface area contributed by atoms with Gasteiger partial charge in [-0.25, -0.2) is 9.37 Å². The predicted octanol–water partition coefficient (Wildman–Crippen LogP) is 5.79. The van der Waals surface area contributed by atoms with Crippen LogP contribution in [0, 0.1) is 5.82 Å². The van der Waals surface area contributed by atoms with Crippen LogP contribution in [0.2, 0.25) is 0 Å². The normalized spacial score (nSPS) is 18.2.